The molecule has 3 unspecified atom stereocenters. The van der Waals surface area contributed by atoms with E-state index in [-0.39, 0.29) is 18.9 Å². The van der Waals surface area contributed by atoms with Crippen LogP contribution in [0.4, 0.5) is 18.0 Å². The van der Waals surface area contributed by atoms with Crippen molar-refractivity contribution in [2.75, 3.05) is 0 Å². The summed E-state index contributed by atoms with van der Waals surface area (Å²) in [7, 11) is 0. The van der Waals surface area contributed by atoms with Gasteiger partial charge in [-0.2, -0.15) is 18.3 Å². The molecule has 2 amide bonds. The monoisotopic (exact) mass is 557 g/mol. The average Bonchev–Trinajstić information content (AvgIpc) is 3.26. The van der Waals surface area contributed by atoms with E-state index in [9.17, 15) is 22.8 Å². The second-order valence-corrected chi connectivity index (χ2v) is 11.8. The standard InChI is InChI=1S/C28H46F3N5O3/c1-11-18(3)20(5)32-14-21(19(4)12-2)13-23(34-25(38)39-26(6,7)8)24(37)35-27(9,10)17-36-16-22(15-33-36)28(29,30)31/h14-16,18-19,23H,11-13,17H2,1-10H3,(H,34,38)(H,35,37)/b21-14-,32-20?. The molecule has 0 radical (unpaired) electrons. The first-order chi connectivity index (χ1) is 17.8. The average molecular weight is 558 g/mol. The predicted molar refractivity (Wildman–Crippen MR) is 147 cm³/mol. The van der Waals surface area contributed by atoms with Crippen LogP contribution in [-0.4, -0.2) is 44.7 Å². The van der Waals surface area contributed by atoms with Crippen molar-refractivity contribution in [3.05, 3.63) is 29.7 Å². The van der Waals surface area contributed by atoms with E-state index in [0.29, 0.717) is 5.92 Å². The first kappa shape index (κ1) is 34.2. The van der Waals surface area contributed by atoms with E-state index in [4.69, 9.17) is 4.74 Å². The van der Waals surface area contributed by atoms with Crippen LogP contribution in [-0.2, 0) is 22.3 Å². The summed E-state index contributed by atoms with van der Waals surface area (Å²) in [5, 5.41) is 9.33. The van der Waals surface area contributed by atoms with Crippen molar-refractivity contribution in [2.24, 2.45) is 16.8 Å². The van der Waals surface area contributed by atoms with Crippen LogP contribution in [0.25, 0.3) is 0 Å². The lowest BCUT2D eigenvalue weighted by Crippen LogP contribution is -2.55. The summed E-state index contributed by atoms with van der Waals surface area (Å²) >= 11 is 0. The molecule has 0 aromatic carbocycles. The Morgan fingerprint density at radius 1 is 1.10 bits per heavy atom. The third-order valence-corrected chi connectivity index (χ3v) is 6.43. The molecule has 1 rings (SSSR count). The highest BCUT2D eigenvalue weighted by atomic mass is 19.4. The van der Waals surface area contributed by atoms with Gasteiger partial charge < -0.3 is 15.4 Å². The number of carbonyl (C=O) groups excluding carboxylic acids is 2. The fourth-order valence-electron chi connectivity index (χ4n) is 3.61. The summed E-state index contributed by atoms with van der Waals surface area (Å²) in [6.45, 7) is 18.7. The van der Waals surface area contributed by atoms with Gasteiger partial charge in [-0.15, -0.1) is 0 Å². The van der Waals surface area contributed by atoms with Crippen molar-refractivity contribution in [3.63, 3.8) is 0 Å². The van der Waals surface area contributed by atoms with Gasteiger partial charge in [0.25, 0.3) is 0 Å². The molecular weight excluding hydrogens is 511 g/mol. The topological polar surface area (TPSA) is 97.6 Å². The Morgan fingerprint density at radius 2 is 1.69 bits per heavy atom. The maximum Gasteiger partial charge on any atom is 0.419 e. The largest absolute Gasteiger partial charge is 0.444 e. The number of aromatic nitrogens is 2. The highest BCUT2D eigenvalue weighted by Gasteiger charge is 2.34. The van der Waals surface area contributed by atoms with Crippen LogP contribution in [0, 0.1) is 11.8 Å². The van der Waals surface area contributed by atoms with Crippen LogP contribution in [0.5, 0.6) is 0 Å². The summed E-state index contributed by atoms with van der Waals surface area (Å²) in [5.41, 5.74) is -0.765. The lowest BCUT2D eigenvalue weighted by atomic mass is 9.92. The summed E-state index contributed by atoms with van der Waals surface area (Å²) < 4.78 is 45.5. The van der Waals surface area contributed by atoms with Crippen molar-refractivity contribution in [1.82, 2.24) is 20.4 Å². The number of aliphatic imine (C=N–C) groups is 1. The van der Waals surface area contributed by atoms with E-state index in [1.165, 1.54) is 0 Å². The summed E-state index contributed by atoms with van der Waals surface area (Å²) in [6, 6.07) is -0.998. The highest BCUT2D eigenvalue weighted by molar-refractivity contribution is 5.86. The summed E-state index contributed by atoms with van der Waals surface area (Å²) in [6.07, 6.45) is 0.0996. The molecule has 11 heteroatoms. The van der Waals surface area contributed by atoms with Crippen molar-refractivity contribution in [2.45, 2.75) is 118 Å². The first-order valence-corrected chi connectivity index (χ1v) is 13.4. The molecule has 1 heterocycles. The zero-order valence-corrected chi connectivity index (χ0v) is 25.0. The van der Waals surface area contributed by atoms with E-state index in [2.05, 4.69) is 34.6 Å². The minimum Gasteiger partial charge on any atom is -0.444 e. The molecule has 0 aliphatic rings. The molecule has 1 aromatic heterocycles. The molecule has 0 spiro atoms. The Bertz CT molecular complexity index is 1020. The van der Waals surface area contributed by atoms with Gasteiger partial charge in [-0.1, -0.05) is 27.7 Å². The molecular formula is C28H46F3N5O3. The molecule has 0 fully saturated rings. The Morgan fingerprint density at radius 3 is 2.18 bits per heavy atom. The lowest BCUT2D eigenvalue weighted by Gasteiger charge is -2.30. The van der Waals surface area contributed by atoms with Crippen LogP contribution >= 0.6 is 0 Å². The predicted octanol–water partition coefficient (Wildman–Crippen LogP) is 6.52. The number of halogens is 3. The third kappa shape index (κ3) is 12.3. The van der Waals surface area contributed by atoms with E-state index < -0.39 is 40.9 Å². The molecule has 2 N–H and O–H groups in total. The zero-order valence-electron chi connectivity index (χ0n) is 25.0. The highest BCUT2D eigenvalue weighted by Crippen LogP contribution is 2.29. The van der Waals surface area contributed by atoms with E-state index in [0.717, 1.165) is 41.2 Å². The second-order valence-electron chi connectivity index (χ2n) is 11.8. The Kier molecular flexibility index (Phi) is 12.3. The summed E-state index contributed by atoms with van der Waals surface area (Å²) in [4.78, 5) is 30.8. The smallest absolute Gasteiger partial charge is 0.419 e. The first-order valence-electron chi connectivity index (χ1n) is 13.4. The van der Waals surface area contributed by atoms with Gasteiger partial charge in [0.1, 0.15) is 11.6 Å². The number of alkyl carbamates (subject to hydrolysis) is 1. The number of hydrogen-bond donors (Lipinski definition) is 2. The van der Waals surface area contributed by atoms with Crippen molar-refractivity contribution in [1.29, 1.82) is 0 Å². The lowest BCUT2D eigenvalue weighted by molar-refractivity contribution is -0.137. The van der Waals surface area contributed by atoms with Gasteiger partial charge in [0.2, 0.25) is 5.91 Å². The number of nitrogens with zero attached hydrogens (tertiary/aromatic N) is 3. The number of nitrogens with one attached hydrogen (secondary N) is 2. The molecule has 0 saturated heterocycles. The molecule has 8 nitrogen and oxygen atoms in total. The number of alkyl halides is 3. The summed E-state index contributed by atoms with van der Waals surface area (Å²) in [5.74, 6) is -0.0997. The van der Waals surface area contributed by atoms with E-state index in [1.54, 1.807) is 40.8 Å². The van der Waals surface area contributed by atoms with Crippen LogP contribution in [0.1, 0.15) is 94.1 Å². The molecule has 0 aliphatic carbocycles. The van der Waals surface area contributed by atoms with Gasteiger partial charge >= 0.3 is 12.3 Å². The van der Waals surface area contributed by atoms with Crippen LogP contribution < -0.4 is 10.6 Å². The molecule has 0 aliphatic heterocycles. The van der Waals surface area contributed by atoms with Crippen molar-refractivity contribution >= 4 is 17.7 Å². The zero-order chi connectivity index (χ0) is 30.2. The number of carbonyl (C=O) groups is 2. The Hall–Kier alpha value is -2.85. The van der Waals surface area contributed by atoms with Crippen LogP contribution in [0.3, 0.4) is 0 Å². The fourth-order valence-corrected chi connectivity index (χ4v) is 3.61. The SMILES string of the molecule is CCC(C)C(C)=N/C=C(/CC(NC(=O)OC(C)(C)C)C(=O)NC(C)(C)Cn1cc(C(F)(F)F)cn1)C(C)CC. The van der Waals surface area contributed by atoms with Crippen molar-refractivity contribution < 1.29 is 27.5 Å². The van der Waals surface area contributed by atoms with Crippen LogP contribution in [0.2, 0.25) is 0 Å². The maximum absolute atomic E-state index is 13.5. The van der Waals surface area contributed by atoms with E-state index >= 15 is 0 Å². The van der Waals surface area contributed by atoms with Gasteiger partial charge in [0.15, 0.2) is 0 Å². The molecule has 0 saturated carbocycles. The molecule has 0 bridgehead atoms. The van der Waals surface area contributed by atoms with Gasteiger partial charge in [0.05, 0.1) is 23.8 Å². The number of hydrogen-bond acceptors (Lipinski definition) is 5. The van der Waals surface area contributed by atoms with Crippen molar-refractivity contribution in [3.8, 4) is 0 Å². The molecule has 222 valence electrons. The van der Waals surface area contributed by atoms with Gasteiger partial charge in [-0.25, -0.2) is 4.79 Å². The normalized spacial score (nSPS) is 15.9. The van der Waals surface area contributed by atoms with Gasteiger partial charge in [-0.3, -0.25) is 14.5 Å². The Balaban J connectivity index is 3.25. The maximum atomic E-state index is 13.5. The number of ether oxygens (including phenoxy) is 1. The van der Waals surface area contributed by atoms with E-state index in [1.807, 2.05) is 20.8 Å². The Labute approximate surface area is 230 Å². The van der Waals surface area contributed by atoms with Crippen LogP contribution in [0.15, 0.2) is 29.2 Å². The molecule has 39 heavy (non-hydrogen) atoms. The second kappa shape index (κ2) is 14.0. The number of rotatable bonds is 12. The molecule has 1 aromatic rings. The minimum atomic E-state index is -4.51. The number of amides is 2. The fraction of sp³-hybridized carbons (Fsp3) is 0.714. The van der Waals surface area contributed by atoms with Gasteiger partial charge in [-0.05, 0) is 78.2 Å². The third-order valence-electron chi connectivity index (χ3n) is 6.43. The molecule has 3 atom stereocenters. The minimum absolute atomic E-state index is 0.0135. The quantitative estimate of drug-likeness (QED) is 0.286. The van der Waals surface area contributed by atoms with Gasteiger partial charge in [0, 0.05) is 18.1 Å².